The van der Waals surface area contributed by atoms with Gasteiger partial charge in [-0.15, -0.1) is 0 Å². The summed E-state index contributed by atoms with van der Waals surface area (Å²) in [6, 6.07) is 8.97. The second kappa shape index (κ2) is 9.74. The third-order valence-electron chi connectivity index (χ3n) is 3.78. The number of non-ortho nitro benzene ring substituents is 1. The van der Waals surface area contributed by atoms with E-state index in [1.54, 1.807) is 12.1 Å². The van der Waals surface area contributed by atoms with Crippen LogP contribution in [0.1, 0.15) is 5.56 Å². The summed E-state index contributed by atoms with van der Waals surface area (Å²) in [4.78, 5) is 22.8. The molecule has 150 valence electrons. The number of rotatable bonds is 7. The van der Waals surface area contributed by atoms with E-state index in [0.717, 1.165) is 3.57 Å². The van der Waals surface area contributed by atoms with Crippen LogP contribution in [0.4, 0.5) is 11.4 Å². The predicted molar refractivity (Wildman–Crippen MR) is 114 cm³/mol. The molecule has 0 aliphatic rings. The van der Waals surface area contributed by atoms with Gasteiger partial charge in [0, 0.05) is 6.07 Å². The highest BCUT2D eigenvalue weighted by Gasteiger charge is 2.17. The normalized spacial score (nSPS) is 10.7. The molecule has 0 spiro atoms. The number of hydrogen-bond acceptors (Lipinski definition) is 7. The number of nitrogens with one attached hydrogen (secondary N) is 1. The number of halogens is 1. The van der Waals surface area contributed by atoms with Gasteiger partial charge in [-0.25, -0.2) is 0 Å². The molecule has 0 aromatic heterocycles. The Morgan fingerprint density at radius 3 is 2.41 bits per heavy atom. The maximum Gasteiger partial charge on any atom is 0.273 e. The molecule has 0 saturated heterocycles. The van der Waals surface area contributed by atoms with E-state index < -0.39 is 10.8 Å². The smallest absolute Gasteiger partial charge is 0.273 e. The Bertz CT molecular complexity index is 1030. The number of hydrogen-bond donors (Lipinski definition) is 1. The van der Waals surface area contributed by atoms with Crippen LogP contribution in [0.15, 0.2) is 35.9 Å². The quantitative estimate of drug-likeness (QED) is 0.198. The van der Waals surface area contributed by atoms with E-state index in [1.807, 2.05) is 6.07 Å². The lowest BCUT2D eigenvalue weighted by Gasteiger charge is -2.11. The number of ether oxygens (including phenoxy) is 3. The first-order chi connectivity index (χ1) is 13.8. The Kier molecular flexibility index (Phi) is 7.38. The molecule has 1 N–H and O–H groups in total. The molecule has 0 aliphatic carbocycles. The Hall–Kier alpha value is -3.33. The highest BCUT2D eigenvalue weighted by atomic mass is 127. The van der Waals surface area contributed by atoms with Gasteiger partial charge in [-0.05, 0) is 52.4 Å². The minimum atomic E-state index is -0.690. The SMILES string of the molecule is COc1cc([N+](=O)[O-])ccc1NC(=O)C(C#N)=Cc1cc(I)c(OC)c(OC)c1. The summed E-state index contributed by atoms with van der Waals surface area (Å²) in [7, 11) is 4.32. The van der Waals surface area contributed by atoms with Crippen LogP contribution in [0.3, 0.4) is 0 Å². The van der Waals surface area contributed by atoms with Gasteiger partial charge in [-0.2, -0.15) is 5.26 Å². The van der Waals surface area contributed by atoms with Crippen molar-refractivity contribution in [3.63, 3.8) is 0 Å². The minimum absolute atomic E-state index is 0.102. The van der Waals surface area contributed by atoms with Gasteiger partial charge in [0.15, 0.2) is 11.5 Å². The average molecular weight is 509 g/mol. The molecule has 9 nitrogen and oxygen atoms in total. The van der Waals surface area contributed by atoms with E-state index in [1.165, 1.54) is 45.6 Å². The number of nitrogens with zero attached hydrogens (tertiary/aromatic N) is 2. The largest absolute Gasteiger partial charge is 0.494 e. The van der Waals surface area contributed by atoms with Crippen molar-refractivity contribution in [2.45, 2.75) is 0 Å². The lowest BCUT2D eigenvalue weighted by atomic mass is 10.1. The van der Waals surface area contributed by atoms with Crippen LogP contribution in [0, 0.1) is 25.0 Å². The maximum absolute atomic E-state index is 12.5. The van der Waals surface area contributed by atoms with E-state index in [0.29, 0.717) is 17.1 Å². The molecular weight excluding hydrogens is 493 g/mol. The molecule has 0 saturated carbocycles. The predicted octanol–water partition coefficient (Wildman–Crippen LogP) is 3.77. The summed E-state index contributed by atoms with van der Waals surface area (Å²) in [5.74, 6) is 0.416. The second-order valence-electron chi connectivity index (χ2n) is 5.50. The van der Waals surface area contributed by atoms with Gasteiger partial charge in [0.1, 0.15) is 17.4 Å². The lowest BCUT2D eigenvalue weighted by molar-refractivity contribution is -0.384. The fourth-order valence-corrected chi connectivity index (χ4v) is 3.27. The number of carbonyl (C=O) groups is 1. The Labute approximate surface area is 180 Å². The molecule has 0 heterocycles. The fraction of sp³-hybridized carbons (Fsp3) is 0.158. The van der Waals surface area contributed by atoms with Crippen LogP contribution < -0.4 is 19.5 Å². The van der Waals surface area contributed by atoms with Crippen molar-refractivity contribution < 1.29 is 23.9 Å². The van der Waals surface area contributed by atoms with Crippen molar-refractivity contribution in [3.05, 3.63) is 55.2 Å². The Morgan fingerprint density at radius 1 is 1.17 bits per heavy atom. The van der Waals surface area contributed by atoms with Crippen molar-refractivity contribution in [1.29, 1.82) is 5.26 Å². The fourth-order valence-electron chi connectivity index (χ4n) is 2.42. The van der Waals surface area contributed by atoms with Crippen molar-refractivity contribution >= 4 is 45.9 Å². The standard InChI is InChI=1S/C19H16IN3O6/c1-27-16-9-13(23(25)26)4-5-15(16)22-19(24)12(10-21)6-11-7-14(20)18(29-3)17(8-11)28-2/h4-9H,1-3H3,(H,22,24). The van der Waals surface area contributed by atoms with Gasteiger partial charge < -0.3 is 19.5 Å². The minimum Gasteiger partial charge on any atom is -0.494 e. The van der Waals surface area contributed by atoms with Crippen LogP contribution in [0.2, 0.25) is 0 Å². The number of nitro groups is 1. The number of methoxy groups -OCH3 is 3. The van der Waals surface area contributed by atoms with Crippen molar-refractivity contribution in [3.8, 4) is 23.3 Å². The van der Waals surface area contributed by atoms with Gasteiger partial charge in [-0.1, -0.05) is 0 Å². The second-order valence-corrected chi connectivity index (χ2v) is 6.67. The highest BCUT2D eigenvalue weighted by molar-refractivity contribution is 14.1. The molecule has 0 atom stereocenters. The molecule has 2 rings (SSSR count). The summed E-state index contributed by atoms with van der Waals surface area (Å²) in [5, 5.41) is 22.8. The highest BCUT2D eigenvalue weighted by Crippen LogP contribution is 2.34. The van der Waals surface area contributed by atoms with Crippen molar-refractivity contribution in [2.75, 3.05) is 26.6 Å². The van der Waals surface area contributed by atoms with Crippen molar-refractivity contribution in [1.82, 2.24) is 0 Å². The van der Waals surface area contributed by atoms with E-state index in [-0.39, 0.29) is 22.7 Å². The third-order valence-corrected chi connectivity index (χ3v) is 4.58. The zero-order valence-corrected chi connectivity index (χ0v) is 17.8. The summed E-state index contributed by atoms with van der Waals surface area (Å²) in [5.41, 5.74) is 0.407. The molecule has 2 aromatic carbocycles. The molecule has 0 fully saturated rings. The molecule has 2 aromatic rings. The molecule has 1 amide bonds. The van der Waals surface area contributed by atoms with Crippen LogP contribution in [-0.2, 0) is 4.79 Å². The molecular formula is C19H16IN3O6. The average Bonchev–Trinajstić information content (AvgIpc) is 2.71. The maximum atomic E-state index is 12.5. The zero-order valence-electron chi connectivity index (χ0n) is 15.7. The van der Waals surface area contributed by atoms with Crippen molar-refractivity contribution in [2.24, 2.45) is 0 Å². The molecule has 29 heavy (non-hydrogen) atoms. The number of nitro benzene ring substituents is 1. The van der Waals surface area contributed by atoms with Gasteiger partial charge in [0.25, 0.3) is 11.6 Å². The van der Waals surface area contributed by atoms with Gasteiger partial charge >= 0.3 is 0 Å². The number of benzene rings is 2. The first kappa shape index (κ1) is 22.0. The third kappa shape index (κ3) is 5.14. The van der Waals surface area contributed by atoms with Gasteiger partial charge in [0.05, 0.1) is 41.6 Å². The van der Waals surface area contributed by atoms with Crippen LogP contribution in [0.5, 0.6) is 17.2 Å². The van der Waals surface area contributed by atoms with E-state index in [9.17, 15) is 20.2 Å². The number of nitriles is 1. The number of amides is 1. The monoisotopic (exact) mass is 509 g/mol. The Balaban J connectivity index is 2.36. The summed E-state index contributed by atoms with van der Waals surface area (Å²) < 4.78 is 16.4. The molecule has 0 aliphatic heterocycles. The first-order valence-corrected chi connectivity index (χ1v) is 9.09. The molecule has 0 bridgehead atoms. The number of anilines is 1. The van der Waals surface area contributed by atoms with Crippen LogP contribution in [-0.4, -0.2) is 32.2 Å². The molecule has 0 radical (unpaired) electrons. The van der Waals surface area contributed by atoms with Crippen LogP contribution in [0.25, 0.3) is 6.08 Å². The molecule has 0 unspecified atom stereocenters. The molecule has 10 heteroatoms. The van der Waals surface area contributed by atoms with Gasteiger partial charge in [-0.3, -0.25) is 14.9 Å². The summed E-state index contributed by atoms with van der Waals surface area (Å²) in [6.07, 6.45) is 1.40. The number of carbonyl (C=O) groups excluding carboxylic acids is 1. The Morgan fingerprint density at radius 2 is 1.86 bits per heavy atom. The zero-order chi connectivity index (χ0) is 21.6. The van der Waals surface area contributed by atoms with Crippen LogP contribution >= 0.6 is 22.6 Å². The van der Waals surface area contributed by atoms with E-state index in [4.69, 9.17) is 14.2 Å². The van der Waals surface area contributed by atoms with E-state index in [2.05, 4.69) is 27.9 Å². The summed E-state index contributed by atoms with van der Waals surface area (Å²) in [6.45, 7) is 0. The van der Waals surface area contributed by atoms with Gasteiger partial charge in [0.2, 0.25) is 0 Å². The van der Waals surface area contributed by atoms with E-state index >= 15 is 0 Å². The first-order valence-electron chi connectivity index (χ1n) is 8.01. The topological polar surface area (TPSA) is 124 Å². The summed E-state index contributed by atoms with van der Waals surface area (Å²) >= 11 is 2.06. The lowest BCUT2D eigenvalue weighted by Crippen LogP contribution is -2.14.